The summed E-state index contributed by atoms with van der Waals surface area (Å²) in [5.74, 6) is -0.931. The van der Waals surface area contributed by atoms with Gasteiger partial charge in [-0.25, -0.2) is 0 Å². The van der Waals surface area contributed by atoms with Crippen LogP contribution in [0.2, 0.25) is 10.0 Å². The molecule has 0 heterocycles. The first-order chi connectivity index (χ1) is 10.9. The van der Waals surface area contributed by atoms with Crippen LogP contribution in [0.1, 0.15) is 36.0 Å². The molecule has 0 spiro atoms. The molecule has 0 aliphatic heterocycles. The van der Waals surface area contributed by atoms with Crippen LogP contribution in [0.4, 0.5) is 0 Å². The second-order valence-corrected chi connectivity index (χ2v) is 6.41. The second-order valence-electron chi connectivity index (χ2n) is 5.60. The summed E-state index contributed by atoms with van der Waals surface area (Å²) < 4.78 is 0. The molecule has 0 radical (unpaired) electrons. The van der Waals surface area contributed by atoms with Gasteiger partial charge in [0.2, 0.25) is 5.91 Å². The van der Waals surface area contributed by atoms with Crippen LogP contribution in [0, 0.1) is 17.4 Å². The lowest BCUT2D eigenvalue weighted by atomic mass is 9.83. The Morgan fingerprint density at radius 1 is 1.26 bits per heavy atom. The van der Waals surface area contributed by atoms with Gasteiger partial charge in [-0.1, -0.05) is 36.0 Å². The summed E-state index contributed by atoms with van der Waals surface area (Å²) >= 11 is 11.8. The molecule has 5 nitrogen and oxygen atoms in total. The molecular weight excluding hydrogens is 337 g/mol. The molecule has 1 aliphatic rings. The van der Waals surface area contributed by atoms with E-state index >= 15 is 0 Å². The maximum absolute atomic E-state index is 12.4. The number of rotatable bonds is 3. The van der Waals surface area contributed by atoms with Crippen molar-refractivity contribution in [1.82, 2.24) is 10.2 Å². The fourth-order valence-corrected chi connectivity index (χ4v) is 3.08. The summed E-state index contributed by atoms with van der Waals surface area (Å²) in [6.07, 6.45) is 5.04. The molecule has 2 rings (SSSR count). The molecule has 1 aromatic rings. The lowest BCUT2D eigenvalue weighted by molar-refractivity contribution is -0.133. The predicted octanol–water partition coefficient (Wildman–Crippen LogP) is 3.22. The van der Waals surface area contributed by atoms with Crippen molar-refractivity contribution in [3.05, 3.63) is 33.8 Å². The van der Waals surface area contributed by atoms with Crippen LogP contribution in [0.3, 0.4) is 0 Å². The van der Waals surface area contributed by atoms with Gasteiger partial charge >= 0.3 is 0 Å². The largest absolute Gasteiger partial charge is 0.349 e. The van der Waals surface area contributed by atoms with E-state index in [9.17, 15) is 9.59 Å². The minimum absolute atomic E-state index is 0.258. The molecule has 1 aliphatic carbocycles. The molecule has 122 valence electrons. The molecule has 1 aromatic carbocycles. The minimum atomic E-state index is -0.375. The van der Waals surface area contributed by atoms with Crippen molar-refractivity contribution in [2.24, 2.45) is 5.92 Å². The average molecular weight is 354 g/mol. The van der Waals surface area contributed by atoms with Crippen molar-refractivity contribution in [1.29, 1.82) is 5.26 Å². The second kappa shape index (κ2) is 7.67. The third-order valence-corrected chi connectivity index (χ3v) is 4.80. The lowest BCUT2D eigenvalue weighted by Gasteiger charge is -2.32. The van der Waals surface area contributed by atoms with Gasteiger partial charge in [-0.2, -0.15) is 5.26 Å². The molecule has 2 atom stereocenters. The number of nitriles is 1. The Morgan fingerprint density at radius 2 is 1.96 bits per heavy atom. The molecule has 2 unspecified atom stereocenters. The van der Waals surface area contributed by atoms with Gasteiger partial charge in [-0.3, -0.25) is 14.5 Å². The topological polar surface area (TPSA) is 73.2 Å². The van der Waals surface area contributed by atoms with Gasteiger partial charge in [0.1, 0.15) is 0 Å². The van der Waals surface area contributed by atoms with Crippen LogP contribution in [-0.4, -0.2) is 29.8 Å². The minimum Gasteiger partial charge on any atom is -0.349 e. The van der Waals surface area contributed by atoms with E-state index in [1.165, 1.54) is 13.1 Å². The molecule has 7 heteroatoms. The highest BCUT2D eigenvalue weighted by Crippen LogP contribution is 2.27. The van der Waals surface area contributed by atoms with Crippen molar-refractivity contribution >= 4 is 35.0 Å². The zero-order chi connectivity index (χ0) is 17.0. The van der Waals surface area contributed by atoms with Crippen molar-refractivity contribution in [2.75, 3.05) is 7.05 Å². The Morgan fingerprint density at radius 3 is 2.61 bits per heavy atom. The summed E-state index contributed by atoms with van der Waals surface area (Å²) in [6.45, 7) is 0. The number of hydrogen-bond donors (Lipinski definition) is 1. The highest BCUT2D eigenvalue weighted by Gasteiger charge is 2.34. The summed E-state index contributed by atoms with van der Waals surface area (Å²) in [7, 11) is 1.44. The molecular formula is C16H17Cl2N3O2. The van der Waals surface area contributed by atoms with Gasteiger partial charge in [-0.05, 0) is 31.0 Å². The average Bonchev–Trinajstić information content (AvgIpc) is 2.56. The molecule has 1 N–H and O–H groups in total. The van der Waals surface area contributed by atoms with Crippen molar-refractivity contribution in [3.63, 3.8) is 0 Å². The van der Waals surface area contributed by atoms with Gasteiger partial charge in [-0.15, -0.1) is 0 Å². The number of carbonyl (C=O) groups excluding carboxylic acids is 2. The van der Waals surface area contributed by atoms with Crippen LogP contribution in [0.25, 0.3) is 0 Å². The zero-order valence-electron chi connectivity index (χ0n) is 12.7. The van der Waals surface area contributed by atoms with Crippen LogP contribution in [0.5, 0.6) is 0 Å². The van der Waals surface area contributed by atoms with Gasteiger partial charge in [0.15, 0.2) is 6.19 Å². The number of nitrogens with one attached hydrogen (secondary N) is 1. The first kappa shape index (κ1) is 17.6. The smallest absolute Gasteiger partial charge is 0.251 e. The highest BCUT2D eigenvalue weighted by molar-refractivity contribution is 6.42. The number of hydrogen-bond acceptors (Lipinski definition) is 3. The van der Waals surface area contributed by atoms with Crippen molar-refractivity contribution in [3.8, 4) is 6.19 Å². The van der Waals surface area contributed by atoms with Crippen molar-refractivity contribution in [2.45, 2.75) is 31.7 Å². The van der Waals surface area contributed by atoms with Crippen LogP contribution in [0.15, 0.2) is 18.2 Å². The number of benzene rings is 1. The summed E-state index contributed by atoms with van der Waals surface area (Å²) in [5, 5.41) is 12.5. The Labute approximate surface area is 145 Å². The monoisotopic (exact) mass is 353 g/mol. The molecule has 0 bridgehead atoms. The quantitative estimate of drug-likeness (QED) is 0.669. The number of amides is 2. The molecule has 0 saturated heterocycles. The van der Waals surface area contributed by atoms with E-state index in [0.29, 0.717) is 28.5 Å². The van der Waals surface area contributed by atoms with Crippen molar-refractivity contribution < 1.29 is 9.59 Å². The van der Waals surface area contributed by atoms with E-state index in [1.54, 1.807) is 12.1 Å². The normalized spacial score (nSPS) is 20.4. The van der Waals surface area contributed by atoms with Crippen LogP contribution in [-0.2, 0) is 4.79 Å². The first-order valence-electron chi connectivity index (χ1n) is 7.37. The standard InChI is InChI=1S/C16H17Cl2N3O2/c1-21(9-19)16(23)11-4-2-3-5-14(11)20-15(22)10-6-7-12(17)13(18)8-10/h6-8,11,14H,2-5H2,1H3,(H,20,22). The van der Waals surface area contributed by atoms with Gasteiger partial charge in [0, 0.05) is 18.7 Å². The maximum Gasteiger partial charge on any atom is 0.251 e. The Kier molecular flexibility index (Phi) is 5.86. The highest BCUT2D eigenvalue weighted by atomic mass is 35.5. The van der Waals surface area contributed by atoms with E-state index < -0.39 is 0 Å². The lowest BCUT2D eigenvalue weighted by Crippen LogP contribution is -2.48. The third-order valence-electron chi connectivity index (χ3n) is 4.06. The van der Waals surface area contributed by atoms with Crippen LogP contribution >= 0.6 is 23.2 Å². The van der Waals surface area contributed by atoms with Gasteiger partial charge < -0.3 is 5.32 Å². The van der Waals surface area contributed by atoms with E-state index in [0.717, 1.165) is 17.7 Å². The summed E-state index contributed by atoms with van der Waals surface area (Å²) in [6, 6.07) is 4.37. The Bertz CT molecular complexity index is 657. The van der Waals surface area contributed by atoms with E-state index in [2.05, 4.69) is 5.32 Å². The fraction of sp³-hybridized carbons (Fsp3) is 0.438. The molecule has 1 fully saturated rings. The van der Waals surface area contributed by atoms with Gasteiger partial charge in [0.25, 0.3) is 5.91 Å². The molecule has 0 aromatic heterocycles. The maximum atomic E-state index is 12.4. The van der Waals surface area contributed by atoms with Crippen LogP contribution < -0.4 is 5.32 Å². The fourth-order valence-electron chi connectivity index (χ4n) is 2.79. The Balaban J connectivity index is 2.12. The SMILES string of the molecule is CN(C#N)C(=O)C1CCCCC1NC(=O)c1ccc(Cl)c(Cl)c1. The first-order valence-corrected chi connectivity index (χ1v) is 8.13. The number of nitrogens with zero attached hydrogens (tertiary/aromatic N) is 2. The van der Waals surface area contributed by atoms with Gasteiger partial charge in [0.05, 0.1) is 16.0 Å². The molecule has 2 amide bonds. The number of carbonyl (C=O) groups is 2. The van der Waals surface area contributed by atoms with E-state index in [-0.39, 0.29) is 23.8 Å². The summed E-state index contributed by atoms with van der Waals surface area (Å²) in [5.41, 5.74) is 0.393. The summed E-state index contributed by atoms with van der Waals surface area (Å²) in [4.78, 5) is 25.7. The van der Waals surface area contributed by atoms with E-state index in [4.69, 9.17) is 28.5 Å². The predicted molar refractivity (Wildman–Crippen MR) is 88.1 cm³/mol. The zero-order valence-corrected chi connectivity index (χ0v) is 14.2. The third kappa shape index (κ3) is 4.15. The molecule has 1 saturated carbocycles. The molecule has 23 heavy (non-hydrogen) atoms. The number of halogens is 2. The Hall–Kier alpha value is -1.77. The van der Waals surface area contributed by atoms with E-state index in [1.807, 2.05) is 6.19 Å².